The fourth-order valence-electron chi connectivity index (χ4n) is 5.21. The van der Waals surface area contributed by atoms with Gasteiger partial charge < -0.3 is 20.1 Å². The van der Waals surface area contributed by atoms with Crippen LogP contribution in [-0.2, 0) is 11.2 Å². The molecule has 2 N–H and O–H groups in total. The molecule has 1 saturated heterocycles. The van der Waals surface area contributed by atoms with Crippen molar-refractivity contribution in [3.05, 3.63) is 71.8 Å². The van der Waals surface area contributed by atoms with Crippen LogP contribution in [0.15, 0.2) is 60.7 Å². The smallest absolute Gasteiger partial charge is 0.260 e. The third kappa shape index (κ3) is 4.74. The summed E-state index contributed by atoms with van der Waals surface area (Å²) in [4.78, 5) is 17.5. The second-order valence-corrected chi connectivity index (χ2v) is 9.40. The van der Waals surface area contributed by atoms with E-state index in [1.165, 1.54) is 5.56 Å². The number of likely N-dealkylation sites (tertiary alicyclic amines) is 1. The minimum absolute atomic E-state index is 0.0154. The predicted octanol–water partition coefficient (Wildman–Crippen LogP) is 3.84. The molecule has 0 radical (unpaired) electrons. The molecule has 2 aliphatic heterocycles. The maximum absolute atomic E-state index is 13.4. The fourth-order valence-corrected chi connectivity index (χ4v) is 5.21. The van der Waals surface area contributed by atoms with Crippen LogP contribution in [-0.4, -0.2) is 66.8 Å². The van der Waals surface area contributed by atoms with Gasteiger partial charge in [0.05, 0.1) is 17.8 Å². The number of carbonyl (C=O) groups excluding carboxylic acids is 1. The van der Waals surface area contributed by atoms with E-state index in [9.17, 15) is 9.90 Å². The van der Waals surface area contributed by atoms with Gasteiger partial charge in [0.2, 0.25) is 0 Å². The first-order valence-corrected chi connectivity index (χ1v) is 12.2. The maximum Gasteiger partial charge on any atom is 0.260 e. The lowest BCUT2D eigenvalue weighted by atomic mass is 9.97. The summed E-state index contributed by atoms with van der Waals surface area (Å²) >= 11 is 0. The first-order chi connectivity index (χ1) is 16.6. The zero-order chi connectivity index (χ0) is 23.5. The van der Waals surface area contributed by atoms with Gasteiger partial charge in [0.15, 0.2) is 6.61 Å². The molecule has 178 valence electrons. The van der Waals surface area contributed by atoms with Gasteiger partial charge >= 0.3 is 0 Å². The number of amides is 1. The van der Waals surface area contributed by atoms with E-state index in [4.69, 9.17) is 4.74 Å². The average molecular weight is 460 g/mol. The van der Waals surface area contributed by atoms with Gasteiger partial charge in [0.25, 0.3) is 5.91 Å². The number of hydrogen-bond donors (Lipinski definition) is 2. The fraction of sp³-hybridized carbons (Fsp3) is 0.393. The summed E-state index contributed by atoms with van der Waals surface area (Å²) in [7, 11) is 1.86. The number of ether oxygens (including phenoxy) is 1. The topological polar surface area (TPSA) is 65.0 Å². The second kappa shape index (κ2) is 10.0. The van der Waals surface area contributed by atoms with E-state index in [0.717, 1.165) is 60.1 Å². The lowest BCUT2D eigenvalue weighted by molar-refractivity contribution is -0.134. The molecule has 0 spiro atoms. The molecule has 1 unspecified atom stereocenters. The molecule has 1 fully saturated rings. The number of nitrogens with zero attached hydrogens (tertiary/aromatic N) is 2. The molecule has 2 aliphatic rings. The van der Waals surface area contributed by atoms with Crippen molar-refractivity contribution in [3.63, 3.8) is 0 Å². The van der Waals surface area contributed by atoms with E-state index in [1.54, 1.807) is 0 Å². The van der Waals surface area contributed by atoms with Crippen molar-refractivity contribution in [1.29, 1.82) is 0 Å². The first kappa shape index (κ1) is 22.7. The molecule has 34 heavy (non-hydrogen) atoms. The summed E-state index contributed by atoms with van der Waals surface area (Å²) in [6.45, 7) is 3.06. The van der Waals surface area contributed by atoms with E-state index in [0.29, 0.717) is 13.1 Å². The highest BCUT2D eigenvalue weighted by Gasteiger charge is 2.29. The van der Waals surface area contributed by atoms with E-state index in [2.05, 4.69) is 46.6 Å². The van der Waals surface area contributed by atoms with Crippen LogP contribution in [0.1, 0.15) is 30.0 Å². The lowest BCUT2D eigenvalue weighted by Crippen LogP contribution is -2.41. The molecular weight excluding hydrogens is 426 g/mol. The zero-order valence-corrected chi connectivity index (χ0v) is 19.7. The highest BCUT2D eigenvalue weighted by Crippen LogP contribution is 2.33. The molecule has 0 bridgehead atoms. The van der Waals surface area contributed by atoms with Crippen LogP contribution >= 0.6 is 0 Å². The van der Waals surface area contributed by atoms with Gasteiger partial charge in [-0.2, -0.15) is 0 Å². The van der Waals surface area contributed by atoms with Gasteiger partial charge in [-0.05, 0) is 47.2 Å². The van der Waals surface area contributed by atoms with E-state index >= 15 is 0 Å². The van der Waals surface area contributed by atoms with Crippen molar-refractivity contribution in [1.82, 2.24) is 9.80 Å². The summed E-state index contributed by atoms with van der Waals surface area (Å²) in [5.41, 5.74) is 3.38. The van der Waals surface area contributed by atoms with Crippen LogP contribution in [0.5, 0.6) is 5.75 Å². The molecule has 0 saturated carbocycles. The van der Waals surface area contributed by atoms with Gasteiger partial charge in [0.1, 0.15) is 5.75 Å². The number of aryl methyl sites for hydroxylation is 1. The Morgan fingerprint density at radius 1 is 1.18 bits per heavy atom. The Morgan fingerprint density at radius 3 is 2.85 bits per heavy atom. The molecule has 0 aliphatic carbocycles. The van der Waals surface area contributed by atoms with E-state index in [-0.39, 0.29) is 24.7 Å². The Labute approximate surface area is 201 Å². The number of aliphatic hydroxyl groups excluding tert-OH is 1. The number of likely N-dealkylation sites (N-methyl/N-ethyl adjacent to an activating group) is 1. The standard InChI is InChI=1S/C28H33N3O3/c1-30(27(33)19-34-26-13-5-9-21-10-6-15-29-28(21)26)25(18-31-16-14-22(32)17-31)24-12-4-8-20-7-2-3-11-23(20)24/h2-5,7-9,11-13,22,25,29,32H,6,10,14-19H2,1H3/t22-,25?/m0/s1. The van der Waals surface area contributed by atoms with Gasteiger partial charge in [-0.3, -0.25) is 9.69 Å². The maximum atomic E-state index is 13.4. The Balaban J connectivity index is 1.38. The first-order valence-electron chi connectivity index (χ1n) is 12.2. The number of carbonyl (C=O) groups is 1. The van der Waals surface area contributed by atoms with E-state index in [1.807, 2.05) is 36.2 Å². The van der Waals surface area contributed by atoms with Crippen LogP contribution < -0.4 is 10.1 Å². The Kier molecular flexibility index (Phi) is 6.70. The Hall–Kier alpha value is -3.09. The number of nitrogens with one attached hydrogen (secondary N) is 1. The van der Waals surface area contributed by atoms with Gasteiger partial charge in [-0.1, -0.05) is 54.6 Å². The molecule has 2 heterocycles. The Bertz CT molecular complexity index is 1160. The quantitative estimate of drug-likeness (QED) is 0.562. The number of aliphatic hydroxyl groups is 1. The van der Waals surface area contributed by atoms with Crippen LogP contribution in [0.25, 0.3) is 10.8 Å². The molecule has 6 heteroatoms. The SMILES string of the molecule is CN(C(=O)COc1cccc2c1NCCC2)C(CN1CC[C@H](O)C1)c1cccc2ccccc12. The number of fused-ring (bicyclic) bond motifs is 2. The summed E-state index contributed by atoms with van der Waals surface area (Å²) in [6.07, 6.45) is 2.61. The van der Waals surface area contributed by atoms with Gasteiger partial charge in [0, 0.05) is 33.2 Å². The van der Waals surface area contributed by atoms with Crippen molar-refractivity contribution >= 4 is 22.4 Å². The van der Waals surface area contributed by atoms with Crippen LogP contribution in [0.3, 0.4) is 0 Å². The molecule has 3 aromatic rings. The Morgan fingerprint density at radius 2 is 2.00 bits per heavy atom. The van der Waals surface area contributed by atoms with Crippen molar-refractivity contribution < 1.29 is 14.6 Å². The van der Waals surface area contributed by atoms with Crippen molar-refractivity contribution in [3.8, 4) is 5.75 Å². The van der Waals surface area contributed by atoms with Crippen LogP contribution in [0.2, 0.25) is 0 Å². The van der Waals surface area contributed by atoms with Crippen LogP contribution in [0.4, 0.5) is 5.69 Å². The minimum atomic E-state index is -0.297. The summed E-state index contributed by atoms with van der Waals surface area (Å²) < 4.78 is 6.04. The third-order valence-corrected chi connectivity index (χ3v) is 7.11. The molecule has 3 aromatic carbocycles. The normalized spacial score (nSPS) is 18.8. The highest BCUT2D eigenvalue weighted by molar-refractivity contribution is 5.87. The number of rotatable bonds is 7. The molecule has 0 aromatic heterocycles. The molecule has 2 atom stereocenters. The molecule has 6 nitrogen and oxygen atoms in total. The second-order valence-electron chi connectivity index (χ2n) is 9.40. The van der Waals surface area contributed by atoms with Crippen molar-refractivity contribution in [2.24, 2.45) is 0 Å². The number of para-hydroxylation sites is 1. The number of hydrogen-bond acceptors (Lipinski definition) is 5. The highest BCUT2D eigenvalue weighted by atomic mass is 16.5. The van der Waals surface area contributed by atoms with Crippen LogP contribution in [0, 0.1) is 0 Å². The summed E-state index contributed by atoms with van der Waals surface area (Å²) in [5, 5.41) is 15.8. The number of anilines is 1. The van der Waals surface area contributed by atoms with Gasteiger partial charge in [-0.15, -0.1) is 0 Å². The van der Waals surface area contributed by atoms with E-state index < -0.39 is 0 Å². The lowest BCUT2D eigenvalue weighted by Gasteiger charge is -2.33. The summed E-state index contributed by atoms with van der Waals surface area (Å²) in [5.74, 6) is 0.675. The van der Waals surface area contributed by atoms with Gasteiger partial charge in [-0.25, -0.2) is 0 Å². The summed E-state index contributed by atoms with van der Waals surface area (Å²) in [6, 6.07) is 20.5. The number of β-amino-alcohol motifs (C(OH)–C–C–N with tert-alkyl or cyclic N) is 1. The van der Waals surface area contributed by atoms with Crippen molar-refractivity contribution in [2.75, 3.05) is 45.2 Å². The monoisotopic (exact) mass is 459 g/mol. The molecular formula is C28H33N3O3. The average Bonchev–Trinajstić information content (AvgIpc) is 3.29. The molecule has 1 amide bonds. The molecule has 5 rings (SSSR count). The largest absolute Gasteiger partial charge is 0.482 e. The predicted molar refractivity (Wildman–Crippen MR) is 135 cm³/mol. The number of benzene rings is 3. The zero-order valence-electron chi connectivity index (χ0n) is 19.7. The third-order valence-electron chi connectivity index (χ3n) is 7.11. The minimum Gasteiger partial charge on any atom is -0.482 e. The van der Waals surface area contributed by atoms with Crippen molar-refractivity contribution in [2.45, 2.75) is 31.4 Å².